The molecule has 5 heteroatoms. The number of carbonyl (C=O) groups excluding carboxylic acids is 1. The van der Waals surface area contributed by atoms with Gasteiger partial charge in [-0.25, -0.2) is 4.79 Å². The van der Waals surface area contributed by atoms with E-state index in [0.29, 0.717) is 31.6 Å². The normalized spacial score (nSPS) is 17.5. The van der Waals surface area contributed by atoms with E-state index < -0.39 is 11.5 Å². The molecule has 0 atom stereocenters. The Morgan fingerprint density at radius 3 is 2.40 bits per heavy atom. The van der Waals surface area contributed by atoms with Gasteiger partial charge in [-0.3, -0.25) is 4.79 Å². The van der Waals surface area contributed by atoms with Crippen molar-refractivity contribution in [1.29, 1.82) is 0 Å². The van der Waals surface area contributed by atoms with Gasteiger partial charge >= 0.3 is 5.97 Å². The SMILES string of the molecule is Cc1ccc(C(=O)NC2(C(=O)O)CCOCC2)cc1C. The number of carboxylic acid groups (broad SMARTS) is 1. The first-order chi connectivity index (χ1) is 9.44. The number of nitrogens with one attached hydrogen (secondary N) is 1. The van der Waals surface area contributed by atoms with Gasteiger partial charge in [0, 0.05) is 31.6 Å². The molecule has 1 heterocycles. The molecular formula is C15H19NO4. The average Bonchev–Trinajstić information content (AvgIpc) is 2.42. The van der Waals surface area contributed by atoms with E-state index in [2.05, 4.69) is 5.32 Å². The maximum absolute atomic E-state index is 12.3. The van der Waals surface area contributed by atoms with E-state index >= 15 is 0 Å². The van der Waals surface area contributed by atoms with Gasteiger partial charge in [-0.05, 0) is 37.1 Å². The van der Waals surface area contributed by atoms with Gasteiger partial charge in [-0.15, -0.1) is 0 Å². The van der Waals surface area contributed by atoms with Crippen molar-refractivity contribution < 1.29 is 19.4 Å². The van der Waals surface area contributed by atoms with Crippen LogP contribution in [0.15, 0.2) is 18.2 Å². The molecule has 0 aromatic heterocycles. The van der Waals surface area contributed by atoms with Crippen molar-refractivity contribution in [3.8, 4) is 0 Å². The number of benzene rings is 1. The highest BCUT2D eigenvalue weighted by atomic mass is 16.5. The fraction of sp³-hybridized carbons (Fsp3) is 0.467. The molecule has 1 fully saturated rings. The first-order valence-electron chi connectivity index (χ1n) is 6.65. The predicted octanol–water partition coefficient (Wildman–Crippen LogP) is 1.67. The van der Waals surface area contributed by atoms with Gasteiger partial charge in [-0.1, -0.05) is 6.07 Å². The van der Waals surface area contributed by atoms with Crippen LogP contribution in [0.4, 0.5) is 0 Å². The van der Waals surface area contributed by atoms with E-state index in [-0.39, 0.29) is 5.91 Å². The Bertz CT molecular complexity index is 533. The number of rotatable bonds is 3. The van der Waals surface area contributed by atoms with Gasteiger partial charge in [0.05, 0.1) is 0 Å². The number of hydrogen-bond donors (Lipinski definition) is 2. The first-order valence-corrected chi connectivity index (χ1v) is 6.65. The van der Waals surface area contributed by atoms with Crippen molar-refractivity contribution >= 4 is 11.9 Å². The summed E-state index contributed by atoms with van der Waals surface area (Å²) in [5.41, 5.74) is 1.38. The van der Waals surface area contributed by atoms with Crippen LogP contribution in [0.25, 0.3) is 0 Å². The topological polar surface area (TPSA) is 75.6 Å². The van der Waals surface area contributed by atoms with Crippen molar-refractivity contribution in [2.45, 2.75) is 32.2 Å². The highest BCUT2D eigenvalue weighted by molar-refractivity contribution is 5.98. The molecule has 1 saturated heterocycles. The fourth-order valence-corrected chi connectivity index (χ4v) is 2.28. The fourth-order valence-electron chi connectivity index (χ4n) is 2.28. The van der Waals surface area contributed by atoms with Crippen molar-refractivity contribution in [3.63, 3.8) is 0 Å². The molecule has 108 valence electrons. The second-order valence-electron chi connectivity index (χ2n) is 5.25. The van der Waals surface area contributed by atoms with Crippen LogP contribution in [0, 0.1) is 13.8 Å². The third kappa shape index (κ3) is 2.82. The number of hydrogen-bond acceptors (Lipinski definition) is 3. The average molecular weight is 277 g/mol. The summed E-state index contributed by atoms with van der Waals surface area (Å²) in [4.78, 5) is 23.8. The van der Waals surface area contributed by atoms with E-state index in [9.17, 15) is 14.7 Å². The molecule has 2 N–H and O–H groups in total. The van der Waals surface area contributed by atoms with Crippen LogP contribution in [0.3, 0.4) is 0 Å². The van der Waals surface area contributed by atoms with Gasteiger partial charge in [-0.2, -0.15) is 0 Å². The van der Waals surface area contributed by atoms with Gasteiger partial charge in [0.1, 0.15) is 5.54 Å². The van der Waals surface area contributed by atoms with Crippen LogP contribution in [0.1, 0.15) is 34.3 Å². The van der Waals surface area contributed by atoms with Crippen molar-refractivity contribution in [3.05, 3.63) is 34.9 Å². The smallest absolute Gasteiger partial charge is 0.329 e. The van der Waals surface area contributed by atoms with Crippen LogP contribution >= 0.6 is 0 Å². The highest BCUT2D eigenvalue weighted by Gasteiger charge is 2.41. The monoisotopic (exact) mass is 277 g/mol. The summed E-state index contributed by atoms with van der Waals surface area (Å²) in [6, 6.07) is 5.35. The van der Waals surface area contributed by atoms with Crippen LogP contribution < -0.4 is 5.32 Å². The molecule has 1 amide bonds. The molecule has 1 aliphatic heterocycles. The minimum atomic E-state index is -1.21. The Morgan fingerprint density at radius 2 is 1.85 bits per heavy atom. The van der Waals surface area contributed by atoms with Crippen LogP contribution in [-0.2, 0) is 9.53 Å². The number of ether oxygens (including phenoxy) is 1. The van der Waals surface area contributed by atoms with E-state index in [1.807, 2.05) is 19.9 Å². The molecule has 5 nitrogen and oxygen atoms in total. The Balaban J connectivity index is 2.20. The molecule has 0 spiro atoms. The lowest BCUT2D eigenvalue weighted by Gasteiger charge is -2.33. The lowest BCUT2D eigenvalue weighted by atomic mass is 9.89. The summed E-state index contributed by atoms with van der Waals surface area (Å²) in [5, 5.41) is 12.1. The Hall–Kier alpha value is -1.88. The van der Waals surface area contributed by atoms with E-state index in [4.69, 9.17) is 4.74 Å². The Labute approximate surface area is 117 Å². The van der Waals surface area contributed by atoms with Crippen LogP contribution in [-0.4, -0.2) is 35.7 Å². The number of aliphatic carboxylic acids is 1. The first kappa shape index (κ1) is 14.5. The molecule has 0 radical (unpaired) electrons. The molecule has 1 aromatic rings. The molecular weight excluding hydrogens is 258 g/mol. The molecule has 0 bridgehead atoms. The quantitative estimate of drug-likeness (QED) is 0.881. The van der Waals surface area contributed by atoms with E-state index in [1.54, 1.807) is 12.1 Å². The zero-order valence-corrected chi connectivity index (χ0v) is 11.7. The summed E-state index contributed by atoms with van der Waals surface area (Å²) in [5.74, 6) is -1.35. The molecule has 20 heavy (non-hydrogen) atoms. The molecule has 0 saturated carbocycles. The van der Waals surface area contributed by atoms with Gasteiger partial charge < -0.3 is 15.2 Å². The van der Waals surface area contributed by atoms with Crippen LogP contribution in [0.2, 0.25) is 0 Å². The Morgan fingerprint density at radius 1 is 1.20 bits per heavy atom. The second kappa shape index (κ2) is 5.63. The Kier molecular flexibility index (Phi) is 4.09. The maximum Gasteiger partial charge on any atom is 0.329 e. The van der Waals surface area contributed by atoms with Crippen molar-refractivity contribution in [1.82, 2.24) is 5.32 Å². The molecule has 2 rings (SSSR count). The number of amides is 1. The molecule has 1 aliphatic rings. The number of aryl methyl sites for hydroxylation is 2. The summed E-state index contributed by atoms with van der Waals surface area (Å²) >= 11 is 0. The van der Waals surface area contributed by atoms with Crippen molar-refractivity contribution in [2.24, 2.45) is 0 Å². The third-order valence-electron chi connectivity index (χ3n) is 3.88. The predicted molar refractivity (Wildman–Crippen MR) is 73.8 cm³/mol. The van der Waals surface area contributed by atoms with Crippen molar-refractivity contribution in [2.75, 3.05) is 13.2 Å². The lowest BCUT2D eigenvalue weighted by Crippen LogP contribution is -2.57. The zero-order chi connectivity index (χ0) is 14.8. The summed E-state index contributed by atoms with van der Waals surface area (Å²) in [6.45, 7) is 4.58. The van der Waals surface area contributed by atoms with Gasteiger partial charge in [0.2, 0.25) is 0 Å². The van der Waals surface area contributed by atoms with E-state index in [0.717, 1.165) is 11.1 Å². The summed E-state index contributed by atoms with van der Waals surface area (Å²) < 4.78 is 5.18. The van der Waals surface area contributed by atoms with E-state index in [1.165, 1.54) is 0 Å². The largest absolute Gasteiger partial charge is 0.480 e. The molecule has 1 aromatic carbocycles. The minimum absolute atomic E-state index is 0.291. The lowest BCUT2D eigenvalue weighted by molar-refractivity contribution is -0.148. The zero-order valence-electron chi connectivity index (χ0n) is 11.7. The molecule has 0 unspecified atom stereocenters. The number of carboxylic acids is 1. The number of carbonyl (C=O) groups is 2. The standard InChI is InChI=1S/C15H19NO4/c1-10-3-4-12(9-11(10)2)13(17)16-15(14(18)19)5-7-20-8-6-15/h3-4,9H,5-8H2,1-2H3,(H,16,17)(H,18,19). The van der Waals surface area contributed by atoms with Gasteiger partial charge in [0.25, 0.3) is 5.91 Å². The minimum Gasteiger partial charge on any atom is -0.480 e. The second-order valence-corrected chi connectivity index (χ2v) is 5.25. The van der Waals surface area contributed by atoms with Crippen LogP contribution in [0.5, 0.6) is 0 Å². The highest BCUT2D eigenvalue weighted by Crippen LogP contribution is 2.22. The third-order valence-corrected chi connectivity index (χ3v) is 3.88. The summed E-state index contributed by atoms with van der Waals surface area (Å²) in [6.07, 6.45) is 0.581. The summed E-state index contributed by atoms with van der Waals surface area (Å²) in [7, 11) is 0. The van der Waals surface area contributed by atoms with Gasteiger partial charge in [0.15, 0.2) is 0 Å². The molecule has 0 aliphatic carbocycles. The maximum atomic E-state index is 12.3.